The fraction of sp³-hybridized carbons (Fsp3) is 1.00. The quantitative estimate of drug-likeness (QED) is 0.491. The van der Waals surface area contributed by atoms with Crippen LogP contribution in [0.2, 0.25) is 0 Å². The Balaban J connectivity index is 3.62. The lowest BCUT2D eigenvalue weighted by Crippen LogP contribution is -2.14. The third kappa shape index (κ3) is 10.6. The summed E-state index contributed by atoms with van der Waals surface area (Å²) in [6.45, 7) is 3.56. The second kappa shape index (κ2) is 8.18. The van der Waals surface area contributed by atoms with E-state index in [1.807, 2.05) is 0 Å². The van der Waals surface area contributed by atoms with Crippen LogP contribution < -0.4 is 0 Å². The summed E-state index contributed by atoms with van der Waals surface area (Å²) >= 11 is 0. The molecule has 0 aromatic rings. The molecule has 0 amide bonds. The molecule has 0 aliphatic rings. The molecule has 0 bridgehead atoms. The maximum Gasteiger partial charge on any atom is 0.469 e. The van der Waals surface area contributed by atoms with Gasteiger partial charge in [-0.1, -0.05) is 32.6 Å². The highest BCUT2D eigenvalue weighted by Crippen LogP contribution is 2.38. The van der Waals surface area contributed by atoms with Crippen molar-refractivity contribution >= 4 is 7.82 Å². The van der Waals surface area contributed by atoms with E-state index in [-0.39, 0.29) is 6.42 Å². The number of rotatable bonds is 9. The highest BCUT2D eigenvalue weighted by molar-refractivity contribution is 7.46. The predicted octanol–water partition coefficient (Wildman–Crippen LogP) is 3.18. The number of hydrogen-bond donors (Lipinski definition) is 2. The van der Waals surface area contributed by atoms with E-state index in [4.69, 9.17) is 9.79 Å². The molecular weight excluding hydrogens is 234 g/mol. The third-order valence-electron chi connectivity index (χ3n) is 2.28. The summed E-state index contributed by atoms with van der Waals surface area (Å²) < 4.78 is 28.2. The smallest absolute Gasteiger partial charge is 0.303 e. The van der Waals surface area contributed by atoms with E-state index in [1.165, 1.54) is 6.92 Å². The van der Waals surface area contributed by atoms with Gasteiger partial charge in [0.25, 0.3) is 0 Å². The number of hydrogen-bond acceptors (Lipinski definition) is 2. The summed E-state index contributed by atoms with van der Waals surface area (Å²) in [5.41, 5.74) is 0. The molecule has 0 aliphatic heterocycles. The van der Waals surface area contributed by atoms with Gasteiger partial charge in [0.1, 0.15) is 6.17 Å². The average molecular weight is 256 g/mol. The largest absolute Gasteiger partial charge is 0.469 e. The van der Waals surface area contributed by atoms with Crippen LogP contribution in [0.4, 0.5) is 4.39 Å². The first-order valence-corrected chi connectivity index (χ1v) is 7.26. The molecule has 4 nitrogen and oxygen atoms in total. The standard InChI is InChI=1S/C10H22FO4P/c1-3-4-5-6-7-10(11)8-9(2)15-16(12,13)14/h9-10H,3-8H2,1-2H3,(H2,12,13,14). The molecule has 0 spiro atoms. The zero-order valence-corrected chi connectivity index (χ0v) is 10.8. The molecule has 0 aliphatic carbocycles. The van der Waals surface area contributed by atoms with Gasteiger partial charge in [0, 0.05) is 6.42 Å². The molecule has 0 aromatic carbocycles. The van der Waals surface area contributed by atoms with E-state index in [2.05, 4.69) is 11.4 Å². The summed E-state index contributed by atoms with van der Waals surface area (Å²) in [5, 5.41) is 0. The maximum absolute atomic E-state index is 13.3. The summed E-state index contributed by atoms with van der Waals surface area (Å²) in [6.07, 6.45) is 2.71. The SMILES string of the molecule is CCCCCCC(F)CC(C)OP(=O)(O)O. The van der Waals surface area contributed by atoms with E-state index in [0.717, 1.165) is 25.7 Å². The minimum Gasteiger partial charge on any atom is -0.303 e. The van der Waals surface area contributed by atoms with Crippen molar-refractivity contribution < 1.29 is 23.3 Å². The lowest BCUT2D eigenvalue weighted by Gasteiger charge is -2.15. The van der Waals surface area contributed by atoms with Gasteiger partial charge in [-0.25, -0.2) is 8.96 Å². The van der Waals surface area contributed by atoms with Gasteiger partial charge in [0.15, 0.2) is 0 Å². The van der Waals surface area contributed by atoms with Crippen LogP contribution in [0.5, 0.6) is 0 Å². The van der Waals surface area contributed by atoms with Crippen molar-refractivity contribution in [3.05, 3.63) is 0 Å². The van der Waals surface area contributed by atoms with E-state index in [9.17, 15) is 8.96 Å². The number of phosphoric acid groups is 1. The molecule has 2 N–H and O–H groups in total. The number of unbranched alkanes of at least 4 members (excludes halogenated alkanes) is 3. The highest BCUT2D eigenvalue weighted by Gasteiger charge is 2.21. The number of halogens is 1. The number of phosphoric ester groups is 1. The fourth-order valence-electron chi connectivity index (χ4n) is 1.55. The third-order valence-corrected chi connectivity index (χ3v) is 2.91. The van der Waals surface area contributed by atoms with Gasteiger partial charge in [-0.2, -0.15) is 0 Å². The van der Waals surface area contributed by atoms with Crippen LogP contribution >= 0.6 is 7.82 Å². The highest BCUT2D eigenvalue weighted by atomic mass is 31.2. The summed E-state index contributed by atoms with van der Waals surface area (Å²) in [6, 6.07) is 0. The van der Waals surface area contributed by atoms with Crippen molar-refractivity contribution in [2.45, 2.75) is 64.6 Å². The summed E-state index contributed by atoms with van der Waals surface area (Å²) in [5.74, 6) is 0. The summed E-state index contributed by atoms with van der Waals surface area (Å²) in [7, 11) is -4.48. The van der Waals surface area contributed by atoms with Crippen LogP contribution in [-0.4, -0.2) is 22.1 Å². The van der Waals surface area contributed by atoms with Crippen LogP contribution in [-0.2, 0) is 9.09 Å². The van der Waals surface area contributed by atoms with E-state index in [1.54, 1.807) is 0 Å². The summed E-state index contributed by atoms with van der Waals surface area (Å²) in [4.78, 5) is 17.0. The minimum absolute atomic E-state index is 0.0389. The Morgan fingerprint density at radius 1 is 1.31 bits per heavy atom. The molecular formula is C10H22FO4P. The molecule has 16 heavy (non-hydrogen) atoms. The Morgan fingerprint density at radius 3 is 2.44 bits per heavy atom. The molecule has 2 atom stereocenters. The minimum atomic E-state index is -4.48. The molecule has 0 aromatic heterocycles. The van der Waals surface area contributed by atoms with Gasteiger partial charge < -0.3 is 9.79 Å². The zero-order chi connectivity index (χ0) is 12.6. The van der Waals surface area contributed by atoms with Gasteiger partial charge in [-0.15, -0.1) is 0 Å². The average Bonchev–Trinajstić information content (AvgIpc) is 2.09. The Hall–Kier alpha value is 0.0400. The zero-order valence-electron chi connectivity index (χ0n) is 9.93. The Labute approximate surface area is 96.4 Å². The van der Waals surface area contributed by atoms with Crippen molar-refractivity contribution in [2.75, 3.05) is 0 Å². The van der Waals surface area contributed by atoms with Crippen molar-refractivity contribution in [1.82, 2.24) is 0 Å². The topological polar surface area (TPSA) is 66.8 Å². The molecule has 0 fully saturated rings. The Morgan fingerprint density at radius 2 is 1.94 bits per heavy atom. The van der Waals surface area contributed by atoms with Crippen LogP contribution in [0.25, 0.3) is 0 Å². The molecule has 0 rings (SSSR count). The van der Waals surface area contributed by atoms with Crippen molar-refractivity contribution in [3.63, 3.8) is 0 Å². The van der Waals surface area contributed by atoms with Gasteiger partial charge >= 0.3 is 7.82 Å². The molecule has 2 unspecified atom stereocenters. The Kier molecular flexibility index (Phi) is 8.20. The van der Waals surface area contributed by atoms with Crippen LogP contribution in [0.1, 0.15) is 52.4 Å². The Bertz CT molecular complexity index is 219. The molecule has 0 heterocycles. The van der Waals surface area contributed by atoms with Crippen LogP contribution in [0.15, 0.2) is 0 Å². The van der Waals surface area contributed by atoms with Gasteiger partial charge in [-0.05, 0) is 13.3 Å². The van der Waals surface area contributed by atoms with E-state index < -0.39 is 20.1 Å². The first kappa shape index (κ1) is 16.0. The van der Waals surface area contributed by atoms with Gasteiger partial charge in [-0.3, -0.25) is 4.52 Å². The first-order valence-electron chi connectivity index (χ1n) is 5.73. The van der Waals surface area contributed by atoms with Crippen molar-refractivity contribution in [2.24, 2.45) is 0 Å². The van der Waals surface area contributed by atoms with Crippen molar-refractivity contribution in [1.29, 1.82) is 0 Å². The maximum atomic E-state index is 13.3. The molecule has 0 saturated carbocycles. The normalized spacial score (nSPS) is 16.1. The van der Waals surface area contributed by atoms with E-state index >= 15 is 0 Å². The van der Waals surface area contributed by atoms with Crippen LogP contribution in [0, 0.1) is 0 Å². The van der Waals surface area contributed by atoms with Gasteiger partial charge in [0.2, 0.25) is 0 Å². The van der Waals surface area contributed by atoms with E-state index in [0.29, 0.717) is 6.42 Å². The first-order chi connectivity index (χ1) is 7.35. The molecule has 0 radical (unpaired) electrons. The number of alkyl halides is 1. The molecule has 98 valence electrons. The molecule has 0 saturated heterocycles. The second-order valence-electron chi connectivity index (χ2n) is 4.09. The molecule has 6 heteroatoms. The monoisotopic (exact) mass is 256 g/mol. The lowest BCUT2D eigenvalue weighted by molar-refractivity contribution is 0.112. The fourth-order valence-corrected chi connectivity index (χ4v) is 2.10. The van der Waals surface area contributed by atoms with Gasteiger partial charge in [0.05, 0.1) is 6.10 Å². The second-order valence-corrected chi connectivity index (χ2v) is 5.28. The lowest BCUT2D eigenvalue weighted by atomic mass is 10.1. The van der Waals surface area contributed by atoms with Crippen molar-refractivity contribution in [3.8, 4) is 0 Å². The predicted molar refractivity (Wildman–Crippen MR) is 60.9 cm³/mol. The van der Waals surface area contributed by atoms with Crippen LogP contribution in [0.3, 0.4) is 0 Å².